The van der Waals surface area contributed by atoms with E-state index >= 15 is 0 Å². The Morgan fingerprint density at radius 1 is 0.944 bits per heavy atom. The summed E-state index contributed by atoms with van der Waals surface area (Å²) in [4.78, 5) is 11.8. The Bertz CT molecular complexity index is 537. The Kier molecular flexibility index (Phi) is 3.23. The summed E-state index contributed by atoms with van der Waals surface area (Å²) in [5, 5.41) is 27.9. The number of rotatable bonds is 3. The van der Waals surface area contributed by atoms with Crippen molar-refractivity contribution in [3.05, 3.63) is 42.0 Å². The molecule has 0 saturated carbocycles. The van der Waals surface area contributed by atoms with E-state index in [9.17, 15) is 15.0 Å². The van der Waals surface area contributed by atoms with E-state index in [4.69, 9.17) is 5.11 Å². The van der Waals surface area contributed by atoms with Gasteiger partial charge in [0.2, 0.25) is 17.7 Å². The number of carbonyl (C=O) groups excluding carboxylic acids is 1. The second-order valence-corrected chi connectivity index (χ2v) is 3.95. The zero-order valence-electron chi connectivity index (χ0n) is 9.58. The first kappa shape index (κ1) is 12.0. The van der Waals surface area contributed by atoms with Crippen molar-refractivity contribution in [3.63, 3.8) is 0 Å². The van der Waals surface area contributed by atoms with E-state index in [1.54, 1.807) is 24.3 Å². The fraction of sp³-hybridized carbons (Fsp3) is 0.154. The lowest BCUT2D eigenvalue weighted by Gasteiger charge is -2.05. The van der Waals surface area contributed by atoms with Crippen LogP contribution in [0.2, 0.25) is 0 Å². The van der Waals surface area contributed by atoms with Crippen molar-refractivity contribution < 1.29 is 20.1 Å². The van der Waals surface area contributed by atoms with Crippen molar-refractivity contribution in [2.45, 2.75) is 12.8 Å². The predicted octanol–water partition coefficient (Wildman–Crippen LogP) is 1.88. The van der Waals surface area contributed by atoms with Crippen LogP contribution in [0.4, 0.5) is 0 Å². The maximum Gasteiger partial charge on any atom is 0.236 e. The number of phenols is 1. The number of aromatic hydroxyl groups is 3. The number of aromatic nitrogens is 1. The van der Waals surface area contributed by atoms with Crippen molar-refractivity contribution in [3.8, 4) is 17.5 Å². The fourth-order valence-electron chi connectivity index (χ4n) is 1.70. The van der Waals surface area contributed by atoms with E-state index in [-0.39, 0.29) is 29.8 Å². The molecular formula is C13H13NO4. The van der Waals surface area contributed by atoms with Crippen molar-refractivity contribution in [2.24, 2.45) is 0 Å². The third-order valence-corrected chi connectivity index (χ3v) is 2.65. The first-order chi connectivity index (χ1) is 8.58. The predicted molar refractivity (Wildman–Crippen MR) is 64.8 cm³/mol. The highest BCUT2D eigenvalue weighted by molar-refractivity contribution is 5.82. The fourth-order valence-corrected chi connectivity index (χ4v) is 1.70. The molecule has 0 radical (unpaired) electrons. The Balaban J connectivity index is 2.03. The molecule has 0 amide bonds. The summed E-state index contributed by atoms with van der Waals surface area (Å²) in [6.45, 7) is 0. The molecule has 18 heavy (non-hydrogen) atoms. The monoisotopic (exact) mass is 247 g/mol. The molecule has 94 valence electrons. The molecule has 0 spiro atoms. The van der Waals surface area contributed by atoms with E-state index in [0.29, 0.717) is 6.42 Å². The third-order valence-electron chi connectivity index (χ3n) is 2.65. The van der Waals surface area contributed by atoms with Crippen LogP contribution in [0, 0.1) is 0 Å². The third kappa shape index (κ3) is 2.45. The number of hydrogen-bond acceptors (Lipinski definition) is 4. The van der Waals surface area contributed by atoms with Gasteiger partial charge in [-0.05, 0) is 24.1 Å². The summed E-state index contributed by atoms with van der Waals surface area (Å²) in [5.41, 5.74) is 0.896. The molecule has 1 aromatic carbocycles. The summed E-state index contributed by atoms with van der Waals surface area (Å²) in [6, 6.07) is 9.05. The molecule has 1 heterocycles. The second-order valence-electron chi connectivity index (χ2n) is 3.95. The average Bonchev–Trinajstić information content (AvgIpc) is 2.68. The Labute approximate surface area is 104 Å². The molecule has 5 nitrogen and oxygen atoms in total. The molecule has 2 aromatic rings. The Morgan fingerprint density at radius 3 is 2.06 bits per heavy atom. The Hall–Kier alpha value is -2.43. The number of benzene rings is 1. The highest BCUT2D eigenvalue weighted by Gasteiger charge is 2.13. The van der Waals surface area contributed by atoms with E-state index in [1.807, 2.05) is 0 Å². The maximum absolute atomic E-state index is 11.8. The highest BCUT2D eigenvalue weighted by atomic mass is 16.3. The normalized spacial score (nSPS) is 10.4. The number of phenolic OH excluding ortho intramolecular Hbond substituents is 1. The van der Waals surface area contributed by atoms with Crippen LogP contribution in [0.25, 0.3) is 0 Å². The molecule has 0 atom stereocenters. The molecule has 5 heteroatoms. The molecule has 0 fully saturated rings. The summed E-state index contributed by atoms with van der Waals surface area (Å²) in [6.07, 6.45) is 0.622. The van der Waals surface area contributed by atoms with Crippen molar-refractivity contribution in [1.82, 2.24) is 4.57 Å². The van der Waals surface area contributed by atoms with Crippen LogP contribution in [0.15, 0.2) is 36.4 Å². The van der Waals surface area contributed by atoms with Crippen LogP contribution in [0.1, 0.15) is 16.8 Å². The van der Waals surface area contributed by atoms with E-state index in [2.05, 4.69) is 0 Å². The van der Waals surface area contributed by atoms with Crippen LogP contribution in [-0.2, 0) is 6.42 Å². The molecule has 0 bridgehead atoms. The van der Waals surface area contributed by atoms with Gasteiger partial charge in [0.05, 0.1) is 0 Å². The van der Waals surface area contributed by atoms with Crippen LogP contribution < -0.4 is 0 Å². The standard InChI is InChI=1S/C13H13NO4/c15-10-4-1-9(2-5-10)3-6-11(16)14-12(17)7-8-13(14)18/h1-2,4-5,7-8,15,17-18H,3,6H2. The molecule has 1 aromatic heterocycles. The van der Waals surface area contributed by atoms with Crippen LogP contribution in [-0.4, -0.2) is 25.8 Å². The van der Waals surface area contributed by atoms with Gasteiger partial charge in [-0.25, -0.2) is 4.57 Å². The smallest absolute Gasteiger partial charge is 0.236 e. The van der Waals surface area contributed by atoms with Crippen molar-refractivity contribution in [1.29, 1.82) is 0 Å². The van der Waals surface area contributed by atoms with Gasteiger partial charge in [0.1, 0.15) is 5.75 Å². The minimum absolute atomic E-state index is 0.153. The topological polar surface area (TPSA) is 82.7 Å². The molecule has 0 saturated heterocycles. The lowest BCUT2D eigenvalue weighted by Crippen LogP contribution is -2.10. The van der Waals surface area contributed by atoms with Crippen LogP contribution in [0.3, 0.4) is 0 Å². The Morgan fingerprint density at radius 2 is 1.50 bits per heavy atom. The molecule has 0 aliphatic heterocycles. The van der Waals surface area contributed by atoms with Crippen molar-refractivity contribution >= 4 is 5.91 Å². The van der Waals surface area contributed by atoms with Crippen LogP contribution >= 0.6 is 0 Å². The number of hydrogen-bond donors (Lipinski definition) is 3. The SMILES string of the molecule is O=C(CCc1ccc(O)cc1)n1c(O)ccc1O. The van der Waals surface area contributed by atoms with Crippen molar-refractivity contribution in [2.75, 3.05) is 0 Å². The van der Waals surface area contributed by atoms with Gasteiger partial charge >= 0.3 is 0 Å². The van der Waals surface area contributed by atoms with Gasteiger partial charge in [-0.2, -0.15) is 0 Å². The van der Waals surface area contributed by atoms with Crippen LogP contribution in [0.5, 0.6) is 17.5 Å². The first-order valence-electron chi connectivity index (χ1n) is 5.48. The van der Waals surface area contributed by atoms with E-state index in [0.717, 1.165) is 10.1 Å². The lowest BCUT2D eigenvalue weighted by atomic mass is 10.1. The zero-order valence-corrected chi connectivity index (χ0v) is 9.58. The summed E-state index contributed by atoms with van der Waals surface area (Å²) in [5.74, 6) is -0.764. The van der Waals surface area contributed by atoms with Gasteiger partial charge in [-0.3, -0.25) is 4.79 Å². The van der Waals surface area contributed by atoms with E-state index < -0.39 is 0 Å². The summed E-state index contributed by atoms with van der Waals surface area (Å²) >= 11 is 0. The largest absolute Gasteiger partial charge is 0.508 e. The number of aryl methyl sites for hydroxylation is 1. The average molecular weight is 247 g/mol. The van der Waals surface area contributed by atoms with Gasteiger partial charge in [-0.15, -0.1) is 0 Å². The van der Waals surface area contributed by atoms with Gasteiger partial charge in [0.15, 0.2) is 0 Å². The number of nitrogens with zero attached hydrogens (tertiary/aromatic N) is 1. The number of carbonyl (C=O) groups is 1. The van der Waals surface area contributed by atoms with Gasteiger partial charge in [-0.1, -0.05) is 12.1 Å². The highest BCUT2D eigenvalue weighted by Crippen LogP contribution is 2.21. The molecule has 2 rings (SSSR count). The molecule has 0 unspecified atom stereocenters. The molecular weight excluding hydrogens is 234 g/mol. The zero-order chi connectivity index (χ0) is 13.1. The van der Waals surface area contributed by atoms with Gasteiger partial charge < -0.3 is 15.3 Å². The summed E-state index contributed by atoms with van der Waals surface area (Å²) in [7, 11) is 0. The minimum Gasteiger partial charge on any atom is -0.508 e. The lowest BCUT2D eigenvalue weighted by molar-refractivity contribution is 0.0884. The molecule has 0 aliphatic carbocycles. The molecule has 0 aliphatic rings. The quantitative estimate of drug-likeness (QED) is 0.773. The van der Waals surface area contributed by atoms with E-state index in [1.165, 1.54) is 12.1 Å². The second kappa shape index (κ2) is 4.83. The summed E-state index contributed by atoms with van der Waals surface area (Å²) < 4.78 is 0.862. The first-order valence-corrected chi connectivity index (χ1v) is 5.48. The maximum atomic E-state index is 11.8. The minimum atomic E-state index is -0.386. The van der Waals surface area contributed by atoms with Gasteiger partial charge in [0.25, 0.3) is 0 Å². The van der Waals surface area contributed by atoms with Gasteiger partial charge in [0, 0.05) is 18.6 Å². The molecule has 3 N–H and O–H groups in total.